The van der Waals surface area contributed by atoms with E-state index < -0.39 is 5.97 Å². The van der Waals surface area contributed by atoms with E-state index in [0.29, 0.717) is 28.5 Å². The number of methoxy groups -OCH3 is 1. The first-order valence-corrected chi connectivity index (χ1v) is 11.4. The Kier molecular flexibility index (Phi) is 8.17. The molecule has 0 radical (unpaired) electrons. The number of ether oxygens (including phenoxy) is 1. The van der Waals surface area contributed by atoms with Crippen molar-refractivity contribution in [2.24, 2.45) is 0 Å². The molecule has 0 aliphatic carbocycles. The molecule has 1 fully saturated rings. The van der Waals surface area contributed by atoms with Crippen molar-refractivity contribution >= 4 is 34.1 Å². The molecular weight excluding hydrogens is 447 g/mol. The highest BCUT2D eigenvalue weighted by atomic mass is 32.1. The Morgan fingerprint density at radius 1 is 1.09 bits per heavy atom. The third-order valence-electron chi connectivity index (χ3n) is 5.54. The number of piperazine rings is 1. The van der Waals surface area contributed by atoms with E-state index in [1.165, 1.54) is 24.1 Å². The summed E-state index contributed by atoms with van der Waals surface area (Å²) in [6.45, 7) is 5.60. The highest BCUT2D eigenvalue weighted by Crippen LogP contribution is 2.34. The van der Waals surface area contributed by atoms with Crippen molar-refractivity contribution in [3.8, 4) is 0 Å². The molecule has 1 aliphatic rings. The highest BCUT2D eigenvalue weighted by Gasteiger charge is 2.27. The fourth-order valence-electron chi connectivity index (χ4n) is 3.68. The highest BCUT2D eigenvalue weighted by molar-refractivity contribution is 7.18. The van der Waals surface area contributed by atoms with E-state index >= 15 is 0 Å². The minimum Gasteiger partial charge on any atom is -0.465 e. The van der Waals surface area contributed by atoms with Crippen molar-refractivity contribution in [1.82, 2.24) is 14.7 Å². The molecule has 2 amide bonds. The Morgan fingerprint density at radius 2 is 1.70 bits per heavy atom. The molecule has 1 aromatic carbocycles. The van der Waals surface area contributed by atoms with Gasteiger partial charge in [-0.3, -0.25) is 19.4 Å². The number of nitrogens with zero attached hydrogens (tertiary/aromatic N) is 3. The van der Waals surface area contributed by atoms with Crippen LogP contribution in [0.2, 0.25) is 0 Å². The average Bonchev–Trinajstić information content (AvgIpc) is 3.10. The average molecular weight is 477 g/mol. The van der Waals surface area contributed by atoms with E-state index in [2.05, 4.69) is 10.2 Å². The molecule has 2 heterocycles. The minimum absolute atomic E-state index is 0.179. The van der Waals surface area contributed by atoms with Gasteiger partial charge in [0.15, 0.2) is 0 Å². The number of benzene rings is 1. The molecule has 10 heteroatoms. The largest absolute Gasteiger partial charge is 0.465 e. The zero-order valence-electron chi connectivity index (χ0n) is 19.3. The van der Waals surface area contributed by atoms with Crippen molar-refractivity contribution in [2.45, 2.75) is 13.5 Å². The Bertz CT molecular complexity index is 1010. The number of thiophene rings is 1. The van der Waals surface area contributed by atoms with E-state index in [0.717, 1.165) is 36.5 Å². The van der Waals surface area contributed by atoms with Gasteiger partial charge in [-0.05, 0) is 30.2 Å². The third kappa shape index (κ3) is 6.16. The van der Waals surface area contributed by atoms with Crippen LogP contribution in [0.4, 0.5) is 9.39 Å². The molecular formula is C23H29FN4O4S. The summed E-state index contributed by atoms with van der Waals surface area (Å²) in [5, 5.41) is 3.13. The van der Waals surface area contributed by atoms with Crippen molar-refractivity contribution < 1.29 is 23.5 Å². The normalized spacial score (nSPS) is 14.7. The third-order valence-corrected chi connectivity index (χ3v) is 6.74. The molecule has 3 rings (SSSR count). The Hall–Kier alpha value is -2.82. The van der Waals surface area contributed by atoms with Crippen molar-refractivity contribution in [3.05, 3.63) is 51.7 Å². The van der Waals surface area contributed by atoms with Gasteiger partial charge in [0.2, 0.25) is 5.91 Å². The van der Waals surface area contributed by atoms with Crippen LogP contribution < -0.4 is 5.32 Å². The van der Waals surface area contributed by atoms with E-state index in [1.807, 2.05) is 4.90 Å². The number of anilines is 1. The molecule has 1 aliphatic heterocycles. The van der Waals surface area contributed by atoms with Gasteiger partial charge in [-0.1, -0.05) is 12.1 Å². The number of hydrogen-bond acceptors (Lipinski definition) is 7. The molecule has 0 bridgehead atoms. The topological polar surface area (TPSA) is 82.2 Å². The maximum absolute atomic E-state index is 13.1. The second-order valence-corrected chi connectivity index (χ2v) is 9.20. The number of nitrogens with one attached hydrogen (secondary N) is 1. The molecule has 0 saturated carbocycles. The summed E-state index contributed by atoms with van der Waals surface area (Å²) in [5.41, 5.74) is 1.76. The molecule has 33 heavy (non-hydrogen) atoms. The molecule has 0 spiro atoms. The molecule has 1 saturated heterocycles. The summed E-state index contributed by atoms with van der Waals surface area (Å²) in [4.78, 5) is 43.6. The number of hydrogen-bond donors (Lipinski definition) is 1. The number of carbonyl (C=O) groups is 3. The summed E-state index contributed by atoms with van der Waals surface area (Å²) in [5.74, 6) is -1.33. The van der Waals surface area contributed by atoms with E-state index in [9.17, 15) is 18.8 Å². The number of amides is 2. The zero-order chi connectivity index (χ0) is 24.1. The monoisotopic (exact) mass is 476 g/mol. The summed E-state index contributed by atoms with van der Waals surface area (Å²) in [6.07, 6.45) is 0. The predicted molar refractivity (Wildman–Crippen MR) is 125 cm³/mol. The fraction of sp³-hybridized carbons (Fsp3) is 0.435. The molecule has 1 N–H and O–H groups in total. The van der Waals surface area contributed by atoms with Crippen LogP contribution in [0.5, 0.6) is 0 Å². The lowest BCUT2D eigenvalue weighted by Crippen LogP contribution is -2.48. The van der Waals surface area contributed by atoms with E-state index in [-0.39, 0.29) is 29.7 Å². The zero-order valence-corrected chi connectivity index (χ0v) is 20.1. The van der Waals surface area contributed by atoms with Gasteiger partial charge in [-0.2, -0.15) is 0 Å². The summed E-state index contributed by atoms with van der Waals surface area (Å²) in [6, 6.07) is 6.49. The lowest BCUT2D eigenvalue weighted by atomic mass is 10.1. The van der Waals surface area contributed by atoms with Crippen molar-refractivity contribution in [1.29, 1.82) is 0 Å². The van der Waals surface area contributed by atoms with Crippen LogP contribution in [-0.2, 0) is 16.1 Å². The Labute approximate surface area is 196 Å². The molecule has 0 atom stereocenters. The molecule has 2 aromatic rings. The van der Waals surface area contributed by atoms with Crippen LogP contribution in [-0.4, -0.2) is 86.4 Å². The second kappa shape index (κ2) is 10.9. The molecule has 1 aromatic heterocycles. The summed E-state index contributed by atoms with van der Waals surface area (Å²) < 4.78 is 17.9. The van der Waals surface area contributed by atoms with Gasteiger partial charge in [-0.15, -0.1) is 11.3 Å². The van der Waals surface area contributed by atoms with Gasteiger partial charge in [-0.25, -0.2) is 9.18 Å². The SMILES string of the molecule is COC(=O)c1c(NC(=O)CN2CCN(Cc3ccc(F)cc3)CC2)sc(C(=O)N(C)C)c1C. The Morgan fingerprint density at radius 3 is 2.27 bits per heavy atom. The van der Waals surface area contributed by atoms with Crippen LogP contribution >= 0.6 is 11.3 Å². The van der Waals surface area contributed by atoms with E-state index in [1.54, 1.807) is 33.2 Å². The second-order valence-electron chi connectivity index (χ2n) is 8.18. The summed E-state index contributed by atoms with van der Waals surface area (Å²) >= 11 is 1.08. The van der Waals surface area contributed by atoms with Crippen LogP contribution in [0.15, 0.2) is 24.3 Å². The first kappa shape index (κ1) is 24.8. The number of rotatable bonds is 7. The molecule has 8 nitrogen and oxygen atoms in total. The molecule has 178 valence electrons. The van der Waals surface area contributed by atoms with Gasteiger partial charge >= 0.3 is 5.97 Å². The van der Waals surface area contributed by atoms with Gasteiger partial charge in [0.25, 0.3) is 5.91 Å². The standard InChI is InChI=1S/C23H29FN4O4S/c1-15-19(23(31)32-4)21(33-20(15)22(30)26(2)3)25-18(29)14-28-11-9-27(10-12-28)13-16-5-7-17(24)8-6-16/h5-8H,9-14H2,1-4H3,(H,25,29). The Balaban J connectivity index is 1.59. The van der Waals surface area contributed by atoms with Gasteiger partial charge < -0.3 is 15.0 Å². The lowest BCUT2D eigenvalue weighted by Gasteiger charge is -2.34. The van der Waals surface area contributed by atoms with Crippen LogP contribution in [0.3, 0.4) is 0 Å². The van der Waals surface area contributed by atoms with Crippen LogP contribution in [0.1, 0.15) is 31.2 Å². The van der Waals surface area contributed by atoms with Crippen LogP contribution in [0.25, 0.3) is 0 Å². The van der Waals surface area contributed by atoms with E-state index in [4.69, 9.17) is 4.74 Å². The quantitative estimate of drug-likeness (QED) is 0.619. The molecule has 0 unspecified atom stereocenters. The fourth-order valence-corrected chi connectivity index (χ4v) is 4.91. The van der Waals surface area contributed by atoms with Crippen molar-refractivity contribution in [3.63, 3.8) is 0 Å². The predicted octanol–water partition coefficient (Wildman–Crippen LogP) is 2.44. The summed E-state index contributed by atoms with van der Waals surface area (Å²) in [7, 11) is 4.53. The number of halogens is 1. The first-order valence-electron chi connectivity index (χ1n) is 10.6. The number of esters is 1. The van der Waals surface area contributed by atoms with Gasteiger partial charge in [0.1, 0.15) is 10.8 Å². The number of carbonyl (C=O) groups excluding carboxylic acids is 3. The van der Waals surface area contributed by atoms with Crippen LogP contribution in [0, 0.1) is 12.7 Å². The van der Waals surface area contributed by atoms with Gasteiger partial charge in [0, 0.05) is 46.8 Å². The lowest BCUT2D eigenvalue weighted by molar-refractivity contribution is -0.117. The maximum Gasteiger partial charge on any atom is 0.341 e. The maximum atomic E-state index is 13.1. The smallest absolute Gasteiger partial charge is 0.341 e. The minimum atomic E-state index is -0.591. The van der Waals surface area contributed by atoms with Gasteiger partial charge in [0.05, 0.1) is 24.1 Å². The van der Waals surface area contributed by atoms with Crippen molar-refractivity contribution in [2.75, 3.05) is 59.2 Å². The first-order chi connectivity index (χ1) is 15.7.